The first-order chi connectivity index (χ1) is 17.5. The highest BCUT2D eigenvalue weighted by molar-refractivity contribution is 9.10. The van der Waals surface area contributed by atoms with E-state index in [2.05, 4.69) is 36.2 Å². The van der Waals surface area contributed by atoms with Crippen LogP contribution in [0.3, 0.4) is 0 Å². The fourth-order valence-corrected chi connectivity index (χ4v) is 5.13. The van der Waals surface area contributed by atoms with Gasteiger partial charge in [-0.1, -0.05) is 28.1 Å². The minimum atomic E-state index is -0.359. The number of hydrogen-bond acceptors (Lipinski definition) is 8. The summed E-state index contributed by atoms with van der Waals surface area (Å²) >= 11 is 4.88. The Labute approximate surface area is 216 Å². The zero-order valence-corrected chi connectivity index (χ0v) is 20.8. The van der Waals surface area contributed by atoms with E-state index in [1.54, 1.807) is 16.6 Å². The molecular formula is C25H16BrFN8S. The average Bonchev–Trinajstić information content (AvgIpc) is 3.43. The smallest absolute Gasteiger partial charge is 0.187 e. The molecule has 0 atom stereocenters. The highest BCUT2D eigenvalue weighted by atomic mass is 79.9. The zero-order chi connectivity index (χ0) is 24.8. The lowest BCUT2D eigenvalue weighted by Crippen LogP contribution is -2.05. The molecule has 0 radical (unpaired) electrons. The van der Waals surface area contributed by atoms with Crippen molar-refractivity contribution in [3.8, 4) is 21.8 Å². The Balaban J connectivity index is 1.61. The van der Waals surface area contributed by atoms with E-state index in [-0.39, 0.29) is 23.1 Å². The molecule has 0 spiro atoms. The Morgan fingerprint density at radius 3 is 2.36 bits per heavy atom. The SMILES string of the molecule is Nc1nc2c(N=Nc3ccc(Br)cc3)c(N)nn2c(-c2ccc(F)cc2)c1-c1nc2ccccc2s1. The number of aromatic nitrogens is 4. The topological polar surface area (TPSA) is 120 Å². The molecule has 3 heterocycles. The van der Waals surface area contributed by atoms with Crippen molar-refractivity contribution >= 4 is 66.1 Å². The number of azo groups is 1. The van der Waals surface area contributed by atoms with Crippen LogP contribution in [0, 0.1) is 5.82 Å². The summed E-state index contributed by atoms with van der Waals surface area (Å²) < 4.78 is 17.3. The number of nitrogens with zero attached hydrogens (tertiary/aromatic N) is 6. The van der Waals surface area contributed by atoms with E-state index < -0.39 is 0 Å². The summed E-state index contributed by atoms with van der Waals surface area (Å²) in [4.78, 5) is 9.38. The number of para-hydroxylation sites is 1. The van der Waals surface area contributed by atoms with Crippen molar-refractivity contribution in [1.82, 2.24) is 19.6 Å². The minimum Gasteiger partial charge on any atom is -0.383 e. The van der Waals surface area contributed by atoms with Crippen molar-refractivity contribution in [1.29, 1.82) is 0 Å². The summed E-state index contributed by atoms with van der Waals surface area (Å²) in [5, 5.41) is 13.8. The van der Waals surface area contributed by atoms with Gasteiger partial charge in [0.1, 0.15) is 16.6 Å². The Kier molecular flexibility index (Phi) is 5.42. The Morgan fingerprint density at radius 1 is 0.861 bits per heavy atom. The molecule has 6 aromatic rings. The van der Waals surface area contributed by atoms with E-state index >= 15 is 0 Å². The monoisotopic (exact) mass is 558 g/mol. The minimum absolute atomic E-state index is 0.132. The molecule has 0 amide bonds. The first-order valence-electron chi connectivity index (χ1n) is 10.7. The van der Waals surface area contributed by atoms with Crippen LogP contribution in [0.15, 0.2) is 87.5 Å². The fraction of sp³-hybridized carbons (Fsp3) is 0. The third-order valence-corrected chi connectivity index (χ3v) is 7.09. The molecule has 3 aromatic carbocycles. The maximum absolute atomic E-state index is 13.8. The van der Waals surface area contributed by atoms with Gasteiger partial charge in [0, 0.05) is 10.0 Å². The number of hydrogen-bond donors (Lipinski definition) is 2. The normalized spacial score (nSPS) is 11.7. The predicted molar refractivity (Wildman–Crippen MR) is 144 cm³/mol. The quantitative estimate of drug-likeness (QED) is 0.222. The molecule has 0 aliphatic heterocycles. The van der Waals surface area contributed by atoms with Crippen LogP contribution in [-0.2, 0) is 0 Å². The molecular weight excluding hydrogens is 543 g/mol. The summed E-state index contributed by atoms with van der Waals surface area (Å²) in [6.07, 6.45) is 0. The molecule has 0 saturated heterocycles. The summed E-state index contributed by atoms with van der Waals surface area (Å²) in [5.74, 6) is -0.00373. The molecule has 0 unspecified atom stereocenters. The summed E-state index contributed by atoms with van der Waals surface area (Å²) in [6, 6.07) is 21.2. The molecule has 0 bridgehead atoms. The summed E-state index contributed by atoms with van der Waals surface area (Å²) in [5.41, 5.74) is 16.7. The van der Waals surface area contributed by atoms with E-state index in [4.69, 9.17) is 16.5 Å². The average molecular weight is 559 g/mol. The third kappa shape index (κ3) is 3.88. The van der Waals surface area contributed by atoms with Crippen LogP contribution >= 0.6 is 27.3 Å². The van der Waals surface area contributed by atoms with Crippen molar-refractivity contribution < 1.29 is 4.39 Å². The van der Waals surface area contributed by atoms with Gasteiger partial charge in [-0.3, -0.25) is 0 Å². The molecule has 8 nitrogen and oxygen atoms in total. The number of rotatable bonds is 4. The van der Waals surface area contributed by atoms with Crippen molar-refractivity contribution in [2.24, 2.45) is 10.2 Å². The summed E-state index contributed by atoms with van der Waals surface area (Å²) in [7, 11) is 0. The van der Waals surface area contributed by atoms with Crippen LogP contribution in [0.4, 0.5) is 27.4 Å². The first-order valence-corrected chi connectivity index (χ1v) is 12.4. The van der Waals surface area contributed by atoms with Gasteiger partial charge in [0.15, 0.2) is 17.2 Å². The first kappa shape index (κ1) is 22.3. The van der Waals surface area contributed by atoms with Crippen molar-refractivity contribution in [2.45, 2.75) is 0 Å². The molecule has 0 aliphatic carbocycles. The van der Waals surface area contributed by atoms with Crippen LogP contribution in [0.5, 0.6) is 0 Å². The third-order valence-electron chi connectivity index (χ3n) is 5.51. The molecule has 0 saturated carbocycles. The van der Waals surface area contributed by atoms with E-state index in [0.29, 0.717) is 33.2 Å². The lowest BCUT2D eigenvalue weighted by molar-refractivity contribution is 0.628. The maximum Gasteiger partial charge on any atom is 0.187 e. The van der Waals surface area contributed by atoms with Gasteiger partial charge in [-0.15, -0.1) is 21.5 Å². The van der Waals surface area contributed by atoms with Crippen LogP contribution in [0.25, 0.3) is 37.7 Å². The lowest BCUT2D eigenvalue weighted by Gasteiger charge is -2.12. The van der Waals surface area contributed by atoms with Gasteiger partial charge in [0.2, 0.25) is 0 Å². The van der Waals surface area contributed by atoms with Crippen molar-refractivity contribution in [3.63, 3.8) is 0 Å². The number of halogens is 2. The molecule has 176 valence electrons. The van der Waals surface area contributed by atoms with Gasteiger partial charge in [-0.25, -0.2) is 18.9 Å². The van der Waals surface area contributed by atoms with Gasteiger partial charge >= 0.3 is 0 Å². The lowest BCUT2D eigenvalue weighted by atomic mass is 10.1. The second-order valence-corrected chi connectivity index (χ2v) is 9.81. The van der Waals surface area contributed by atoms with Crippen LogP contribution in [-0.4, -0.2) is 19.6 Å². The largest absolute Gasteiger partial charge is 0.383 e. The fourth-order valence-electron chi connectivity index (χ4n) is 3.85. The highest BCUT2D eigenvalue weighted by Gasteiger charge is 2.24. The number of thiazole rings is 1. The Bertz CT molecular complexity index is 1740. The molecule has 0 fully saturated rings. The summed E-state index contributed by atoms with van der Waals surface area (Å²) in [6.45, 7) is 0. The van der Waals surface area contributed by atoms with Crippen molar-refractivity contribution in [3.05, 3.63) is 83.1 Å². The number of nitrogen functional groups attached to an aromatic ring is 2. The van der Waals surface area contributed by atoms with E-state index in [1.165, 1.54) is 23.5 Å². The van der Waals surface area contributed by atoms with Gasteiger partial charge in [0.05, 0.1) is 27.2 Å². The van der Waals surface area contributed by atoms with Gasteiger partial charge in [0.25, 0.3) is 0 Å². The standard InChI is InChI=1S/C25H16BrFN8S/c26-14-7-11-16(12-8-14)32-33-20-23(29)34-35-21(13-5-9-15(27)10-6-13)19(22(28)31-24(20)35)25-30-17-3-1-2-4-18(17)36-25/h1-12H,(H2,28,31)(H2,29,34). The van der Waals surface area contributed by atoms with Gasteiger partial charge < -0.3 is 11.5 Å². The second kappa shape index (κ2) is 8.77. The molecule has 6 rings (SSSR count). The van der Waals surface area contributed by atoms with Crippen LogP contribution in [0.2, 0.25) is 0 Å². The van der Waals surface area contributed by atoms with Crippen LogP contribution in [0.1, 0.15) is 0 Å². The molecule has 11 heteroatoms. The molecule has 3 aromatic heterocycles. The molecule has 0 aliphatic rings. The Morgan fingerprint density at radius 2 is 1.61 bits per heavy atom. The highest BCUT2D eigenvalue weighted by Crippen LogP contribution is 2.42. The van der Waals surface area contributed by atoms with E-state index in [9.17, 15) is 4.39 Å². The van der Waals surface area contributed by atoms with E-state index in [0.717, 1.165) is 14.7 Å². The van der Waals surface area contributed by atoms with E-state index in [1.807, 2.05) is 48.5 Å². The number of fused-ring (bicyclic) bond motifs is 2. The number of nitrogens with two attached hydrogens (primary N) is 2. The number of anilines is 2. The molecule has 4 N–H and O–H groups in total. The van der Waals surface area contributed by atoms with Crippen LogP contribution < -0.4 is 11.5 Å². The van der Waals surface area contributed by atoms with Gasteiger partial charge in [-0.05, 0) is 60.7 Å². The Hall–Kier alpha value is -4.22. The number of benzene rings is 3. The molecule has 36 heavy (non-hydrogen) atoms. The maximum atomic E-state index is 13.8. The van der Waals surface area contributed by atoms with Crippen molar-refractivity contribution in [2.75, 3.05) is 11.5 Å². The van der Waals surface area contributed by atoms with Gasteiger partial charge in [-0.2, -0.15) is 5.11 Å². The second-order valence-electron chi connectivity index (χ2n) is 7.86. The zero-order valence-electron chi connectivity index (χ0n) is 18.4. The predicted octanol–water partition coefficient (Wildman–Crippen LogP) is 7.15.